The van der Waals surface area contributed by atoms with Gasteiger partial charge in [0.05, 0.1) is 23.0 Å². The number of benzene rings is 3. The van der Waals surface area contributed by atoms with Crippen molar-refractivity contribution in [1.82, 2.24) is 4.57 Å². The van der Waals surface area contributed by atoms with E-state index in [-0.39, 0.29) is 24.0 Å². The fraction of sp³-hybridized carbons (Fsp3) is 0.174. The predicted molar refractivity (Wildman–Crippen MR) is 109 cm³/mol. The monoisotopic (exact) mass is 376 g/mol. The van der Waals surface area contributed by atoms with Gasteiger partial charge in [0.2, 0.25) is 5.91 Å². The Labute approximate surface area is 162 Å². The molecule has 0 unspecified atom stereocenters. The van der Waals surface area contributed by atoms with Crippen LogP contribution in [0.2, 0.25) is 0 Å². The molecule has 0 atom stereocenters. The lowest BCUT2D eigenvalue weighted by Crippen LogP contribution is -2.11. The number of halogens is 1. The second-order valence-corrected chi connectivity index (χ2v) is 7.33. The van der Waals surface area contributed by atoms with Gasteiger partial charge in [-0.1, -0.05) is 38.1 Å². The Kier molecular flexibility index (Phi) is 4.30. The fourth-order valence-corrected chi connectivity index (χ4v) is 3.77. The Bertz CT molecular complexity index is 1220. The summed E-state index contributed by atoms with van der Waals surface area (Å²) in [7, 11) is 0. The van der Waals surface area contributed by atoms with Gasteiger partial charge < -0.3 is 15.4 Å². The maximum atomic E-state index is 14.3. The number of aromatic nitrogens is 1. The maximum absolute atomic E-state index is 14.3. The highest BCUT2D eigenvalue weighted by Gasteiger charge is 2.21. The van der Waals surface area contributed by atoms with Gasteiger partial charge in [0, 0.05) is 16.5 Å². The van der Waals surface area contributed by atoms with Crippen molar-refractivity contribution in [1.29, 1.82) is 0 Å². The number of hydrogen-bond donors (Lipinski definition) is 2. The summed E-state index contributed by atoms with van der Waals surface area (Å²) in [6.07, 6.45) is 0. The van der Waals surface area contributed by atoms with Gasteiger partial charge in [0.15, 0.2) is 0 Å². The highest BCUT2D eigenvalue weighted by atomic mass is 19.1. The molecule has 3 aromatic carbocycles. The van der Waals surface area contributed by atoms with Crippen LogP contribution in [0.4, 0.5) is 4.39 Å². The van der Waals surface area contributed by atoms with Crippen LogP contribution >= 0.6 is 0 Å². The average molecular weight is 376 g/mol. The van der Waals surface area contributed by atoms with Crippen LogP contribution in [-0.4, -0.2) is 15.6 Å². The molecule has 5 heteroatoms. The number of carbonyl (C=O) groups is 1. The largest absolute Gasteiger partial charge is 0.507 e. The molecule has 1 aromatic heterocycles. The maximum Gasteiger partial charge on any atom is 0.249 e. The lowest BCUT2D eigenvalue weighted by atomic mass is 9.99. The number of nitrogens with two attached hydrogens (primary N) is 1. The number of hydrogen-bond acceptors (Lipinski definition) is 2. The Morgan fingerprint density at radius 1 is 1.07 bits per heavy atom. The minimum absolute atomic E-state index is 0.0900. The van der Waals surface area contributed by atoms with Crippen LogP contribution in [-0.2, 0) is 6.54 Å². The van der Waals surface area contributed by atoms with E-state index in [0.29, 0.717) is 21.9 Å². The summed E-state index contributed by atoms with van der Waals surface area (Å²) in [5, 5.41) is 12.0. The third kappa shape index (κ3) is 2.80. The number of nitrogens with zero attached hydrogens (tertiary/aromatic N) is 1. The Balaban J connectivity index is 2.12. The van der Waals surface area contributed by atoms with Crippen molar-refractivity contribution in [2.75, 3.05) is 0 Å². The topological polar surface area (TPSA) is 68.2 Å². The van der Waals surface area contributed by atoms with Crippen molar-refractivity contribution < 1.29 is 14.3 Å². The molecule has 0 saturated carbocycles. The van der Waals surface area contributed by atoms with E-state index < -0.39 is 5.91 Å². The number of phenols is 1. The molecule has 0 aliphatic heterocycles. The normalized spacial score (nSPS) is 11.6. The molecule has 0 spiro atoms. The van der Waals surface area contributed by atoms with Crippen LogP contribution in [0, 0.1) is 5.82 Å². The molecule has 1 amide bonds. The van der Waals surface area contributed by atoms with Crippen molar-refractivity contribution in [2.45, 2.75) is 26.3 Å². The van der Waals surface area contributed by atoms with Gasteiger partial charge >= 0.3 is 0 Å². The van der Waals surface area contributed by atoms with Crippen LogP contribution < -0.4 is 5.73 Å². The van der Waals surface area contributed by atoms with Gasteiger partial charge in [-0.05, 0) is 41.8 Å². The van der Waals surface area contributed by atoms with E-state index in [1.807, 2.05) is 30.5 Å². The van der Waals surface area contributed by atoms with Crippen LogP contribution in [0.25, 0.3) is 21.8 Å². The molecule has 28 heavy (non-hydrogen) atoms. The number of fused-ring (bicyclic) bond motifs is 3. The second kappa shape index (κ2) is 6.68. The molecule has 3 N–H and O–H groups in total. The first-order valence-corrected chi connectivity index (χ1v) is 9.19. The van der Waals surface area contributed by atoms with Gasteiger partial charge in [0.25, 0.3) is 0 Å². The molecule has 0 saturated heterocycles. The number of primary amides is 1. The zero-order valence-corrected chi connectivity index (χ0v) is 15.7. The van der Waals surface area contributed by atoms with E-state index in [9.17, 15) is 14.3 Å². The zero-order chi connectivity index (χ0) is 20.0. The van der Waals surface area contributed by atoms with E-state index in [2.05, 4.69) is 0 Å². The first kappa shape index (κ1) is 18.0. The first-order chi connectivity index (χ1) is 13.4. The molecular weight excluding hydrogens is 355 g/mol. The number of phenolic OH excluding ortho intramolecular Hbond substituents is 1. The quantitative estimate of drug-likeness (QED) is 0.531. The van der Waals surface area contributed by atoms with Crippen molar-refractivity contribution in [2.24, 2.45) is 5.73 Å². The average Bonchev–Trinajstić information content (AvgIpc) is 2.97. The summed E-state index contributed by atoms with van der Waals surface area (Å²) < 4.78 is 16.3. The molecule has 1 heterocycles. The Morgan fingerprint density at radius 2 is 1.82 bits per heavy atom. The molecule has 0 bridgehead atoms. The van der Waals surface area contributed by atoms with Crippen molar-refractivity contribution in [3.05, 3.63) is 77.1 Å². The first-order valence-electron chi connectivity index (χ1n) is 9.19. The lowest BCUT2D eigenvalue weighted by molar-refractivity contribution is 0.100. The standard InChI is InChI=1S/C23H21FN2O2/c1-13(2)15-10-19-22(20(27)11-15)21-16(23(25)28)7-5-9-18(21)26(19)12-14-6-3-4-8-17(14)24/h3-11,13,27H,12H2,1-2H3,(H2,25,28). The summed E-state index contributed by atoms with van der Waals surface area (Å²) in [6, 6.07) is 15.6. The van der Waals surface area contributed by atoms with Gasteiger partial charge in [-0.25, -0.2) is 4.39 Å². The highest BCUT2D eigenvalue weighted by molar-refractivity contribution is 6.19. The lowest BCUT2D eigenvalue weighted by Gasteiger charge is -2.11. The SMILES string of the molecule is CC(C)c1cc(O)c2c3c(C(N)=O)cccc3n(Cc3ccccc3F)c2c1. The molecule has 4 aromatic rings. The van der Waals surface area contributed by atoms with E-state index in [0.717, 1.165) is 16.6 Å². The molecule has 0 radical (unpaired) electrons. The van der Waals surface area contributed by atoms with E-state index in [1.165, 1.54) is 6.07 Å². The van der Waals surface area contributed by atoms with Crippen LogP contribution in [0.15, 0.2) is 54.6 Å². The van der Waals surface area contributed by atoms with Gasteiger partial charge in [-0.15, -0.1) is 0 Å². The van der Waals surface area contributed by atoms with E-state index >= 15 is 0 Å². The van der Waals surface area contributed by atoms with Crippen LogP contribution in [0.3, 0.4) is 0 Å². The fourth-order valence-electron chi connectivity index (χ4n) is 3.77. The van der Waals surface area contributed by atoms with Crippen molar-refractivity contribution >= 4 is 27.7 Å². The van der Waals surface area contributed by atoms with Gasteiger partial charge in [0.1, 0.15) is 11.6 Å². The summed E-state index contributed by atoms with van der Waals surface area (Å²) >= 11 is 0. The van der Waals surface area contributed by atoms with Crippen molar-refractivity contribution in [3.8, 4) is 5.75 Å². The van der Waals surface area contributed by atoms with E-state index in [1.54, 1.807) is 36.4 Å². The number of amides is 1. The van der Waals surface area contributed by atoms with Gasteiger partial charge in [-0.2, -0.15) is 0 Å². The molecule has 4 rings (SSSR count). The van der Waals surface area contributed by atoms with Crippen molar-refractivity contribution in [3.63, 3.8) is 0 Å². The second-order valence-electron chi connectivity index (χ2n) is 7.33. The molecule has 4 nitrogen and oxygen atoms in total. The Morgan fingerprint density at radius 3 is 2.50 bits per heavy atom. The molecular formula is C23H21FN2O2. The molecule has 0 aliphatic carbocycles. The Hall–Kier alpha value is -3.34. The highest BCUT2D eigenvalue weighted by Crippen LogP contribution is 2.39. The summed E-state index contributed by atoms with van der Waals surface area (Å²) in [5.74, 6) is -0.575. The molecule has 142 valence electrons. The molecule has 0 aliphatic rings. The predicted octanol–water partition coefficient (Wildman–Crippen LogP) is 4.91. The van der Waals surface area contributed by atoms with E-state index in [4.69, 9.17) is 5.73 Å². The molecule has 0 fully saturated rings. The summed E-state index contributed by atoms with van der Waals surface area (Å²) in [6.45, 7) is 4.36. The minimum atomic E-state index is -0.567. The number of rotatable bonds is 4. The number of carbonyl (C=O) groups excluding carboxylic acids is 1. The summed E-state index contributed by atoms with van der Waals surface area (Å²) in [4.78, 5) is 12.0. The van der Waals surface area contributed by atoms with Crippen LogP contribution in [0.5, 0.6) is 5.75 Å². The van der Waals surface area contributed by atoms with Gasteiger partial charge in [-0.3, -0.25) is 4.79 Å². The zero-order valence-electron chi connectivity index (χ0n) is 15.7. The minimum Gasteiger partial charge on any atom is -0.507 e. The smallest absolute Gasteiger partial charge is 0.249 e. The third-order valence-corrected chi connectivity index (χ3v) is 5.21. The van der Waals surface area contributed by atoms with Crippen LogP contribution in [0.1, 0.15) is 41.3 Å². The number of aromatic hydroxyl groups is 1. The third-order valence-electron chi connectivity index (χ3n) is 5.21. The summed E-state index contributed by atoms with van der Waals surface area (Å²) in [5.41, 5.74) is 8.89.